The quantitative estimate of drug-likeness (QED) is 0.416. The van der Waals surface area contributed by atoms with Crippen molar-refractivity contribution in [2.75, 3.05) is 6.26 Å². The molecule has 32 heavy (non-hydrogen) atoms. The molecular formula is C24H21N3O4S. The number of carbonyl (C=O) groups is 1. The molecule has 0 amide bonds. The van der Waals surface area contributed by atoms with Crippen LogP contribution in [-0.2, 0) is 28.2 Å². The Morgan fingerprint density at radius 1 is 0.938 bits per heavy atom. The van der Waals surface area contributed by atoms with Gasteiger partial charge < -0.3 is 4.74 Å². The van der Waals surface area contributed by atoms with Crippen LogP contribution >= 0.6 is 0 Å². The number of sulfone groups is 1. The molecule has 0 fully saturated rings. The lowest BCUT2D eigenvalue weighted by atomic mass is 9.99. The maximum absolute atomic E-state index is 13.1. The predicted octanol–water partition coefficient (Wildman–Crippen LogP) is 3.91. The molecule has 0 bridgehead atoms. The van der Waals surface area contributed by atoms with Crippen LogP contribution in [0.5, 0.6) is 0 Å². The molecule has 0 spiro atoms. The van der Waals surface area contributed by atoms with E-state index in [0.717, 1.165) is 17.4 Å². The Bertz CT molecular complexity index is 1350. The number of esters is 1. The number of nitrogens with zero attached hydrogens (tertiary/aromatic N) is 3. The first-order chi connectivity index (χ1) is 15.3. The first kappa shape index (κ1) is 21.5. The summed E-state index contributed by atoms with van der Waals surface area (Å²) in [5.41, 5.74) is 3.73. The minimum atomic E-state index is -3.35. The summed E-state index contributed by atoms with van der Waals surface area (Å²) in [5.74, 6) is -0.522. The third kappa shape index (κ3) is 4.45. The van der Waals surface area contributed by atoms with Gasteiger partial charge in [-0.2, -0.15) is 5.10 Å². The smallest absolute Gasteiger partial charge is 0.357 e. The van der Waals surface area contributed by atoms with E-state index >= 15 is 0 Å². The first-order valence-corrected chi connectivity index (χ1v) is 11.7. The average molecular weight is 448 g/mol. The maximum Gasteiger partial charge on any atom is 0.357 e. The van der Waals surface area contributed by atoms with E-state index in [1.165, 1.54) is 16.8 Å². The van der Waals surface area contributed by atoms with Crippen molar-refractivity contribution in [2.45, 2.75) is 11.5 Å². The third-order valence-electron chi connectivity index (χ3n) is 4.98. The van der Waals surface area contributed by atoms with Gasteiger partial charge in [0.05, 0.1) is 4.90 Å². The molecule has 4 rings (SSSR count). The normalized spacial score (nSPS) is 11.3. The number of carbonyl (C=O) groups excluding carboxylic acids is 1. The molecule has 0 aliphatic rings. The van der Waals surface area contributed by atoms with Crippen LogP contribution < -0.4 is 0 Å². The summed E-state index contributed by atoms with van der Waals surface area (Å²) in [6, 6.07) is 19.4. The highest BCUT2D eigenvalue weighted by Crippen LogP contribution is 2.35. The Balaban J connectivity index is 1.79. The number of hydrogen-bond acceptors (Lipinski definition) is 6. The molecule has 0 unspecified atom stereocenters. The van der Waals surface area contributed by atoms with Crippen LogP contribution in [0.3, 0.4) is 0 Å². The summed E-state index contributed by atoms with van der Waals surface area (Å²) >= 11 is 0. The van der Waals surface area contributed by atoms with Gasteiger partial charge in [0.2, 0.25) is 0 Å². The topological polar surface area (TPSA) is 91.1 Å². The van der Waals surface area contributed by atoms with Crippen molar-refractivity contribution in [3.8, 4) is 22.4 Å². The van der Waals surface area contributed by atoms with E-state index in [2.05, 4.69) is 10.1 Å². The Hall–Kier alpha value is -3.78. The lowest BCUT2D eigenvalue weighted by molar-refractivity contribution is 0.0461. The fourth-order valence-corrected chi connectivity index (χ4v) is 4.03. The summed E-state index contributed by atoms with van der Waals surface area (Å²) in [5, 5.41) is 4.57. The second-order valence-electron chi connectivity index (χ2n) is 7.29. The monoisotopic (exact) mass is 447 g/mol. The van der Waals surface area contributed by atoms with Crippen LogP contribution in [0, 0.1) is 0 Å². The molecule has 0 atom stereocenters. The van der Waals surface area contributed by atoms with Crippen LogP contribution in [0.25, 0.3) is 22.4 Å². The summed E-state index contributed by atoms with van der Waals surface area (Å²) in [6.07, 6.45) is 4.45. The van der Waals surface area contributed by atoms with Crippen molar-refractivity contribution in [1.29, 1.82) is 0 Å². The van der Waals surface area contributed by atoms with Gasteiger partial charge in [-0.15, -0.1) is 0 Å². The van der Waals surface area contributed by atoms with Crippen LogP contribution in [0.1, 0.15) is 16.1 Å². The summed E-state index contributed by atoms with van der Waals surface area (Å²) in [7, 11) is -1.67. The van der Waals surface area contributed by atoms with Gasteiger partial charge in [0.25, 0.3) is 0 Å². The van der Waals surface area contributed by atoms with E-state index in [1.54, 1.807) is 43.7 Å². The summed E-state index contributed by atoms with van der Waals surface area (Å²) < 4.78 is 30.8. The maximum atomic E-state index is 13.1. The fraction of sp³-hybridized carbons (Fsp3) is 0.125. The zero-order valence-corrected chi connectivity index (χ0v) is 18.4. The second kappa shape index (κ2) is 8.76. The SMILES string of the molecule is Cn1nc(-c2ccncc2)c(-c2ccc(S(C)(=O)=O)cc2)c1C(=O)OCc1ccccc1. The molecule has 4 aromatic rings. The highest BCUT2D eigenvalue weighted by atomic mass is 32.2. The van der Waals surface area contributed by atoms with Gasteiger partial charge in [-0.3, -0.25) is 9.67 Å². The van der Waals surface area contributed by atoms with Gasteiger partial charge in [-0.25, -0.2) is 13.2 Å². The van der Waals surface area contributed by atoms with Gasteiger partial charge in [0, 0.05) is 36.8 Å². The van der Waals surface area contributed by atoms with Gasteiger partial charge in [0.15, 0.2) is 15.5 Å². The predicted molar refractivity (Wildman–Crippen MR) is 121 cm³/mol. The number of rotatable bonds is 6. The van der Waals surface area contributed by atoms with E-state index in [0.29, 0.717) is 16.8 Å². The Morgan fingerprint density at radius 3 is 2.22 bits per heavy atom. The molecule has 0 aliphatic carbocycles. The van der Waals surface area contributed by atoms with Crippen LogP contribution in [0.4, 0.5) is 0 Å². The molecule has 0 N–H and O–H groups in total. The Kier molecular flexibility index (Phi) is 5.87. The van der Waals surface area contributed by atoms with Crippen molar-refractivity contribution in [3.63, 3.8) is 0 Å². The first-order valence-electron chi connectivity index (χ1n) is 9.83. The van der Waals surface area contributed by atoms with Crippen LogP contribution in [0.2, 0.25) is 0 Å². The zero-order valence-electron chi connectivity index (χ0n) is 17.6. The number of ether oxygens (including phenoxy) is 1. The van der Waals surface area contributed by atoms with Crippen molar-refractivity contribution in [1.82, 2.24) is 14.8 Å². The van der Waals surface area contributed by atoms with Gasteiger partial charge >= 0.3 is 5.97 Å². The Morgan fingerprint density at radius 2 is 1.59 bits per heavy atom. The summed E-state index contributed by atoms with van der Waals surface area (Å²) in [6.45, 7) is 0.127. The molecule has 2 aromatic carbocycles. The number of hydrogen-bond donors (Lipinski definition) is 0. The average Bonchev–Trinajstić information content (AvgIpc) is 3.15. The molecule has 2 aromatic heterocycles. The van der Waals surface area contributed by atoms with Crippen molar-refractivity contribution >= 4 is 15.8 Å². The second-order valence-corrected chi connectivity index (χ2v) is 9.31. The Labute approximate surface area is 186 Å². The minimum absolute atomic E-state index is 0.127. The van der Waals surface area contributed by atoms with Crippen molar-refractivity contribution in [3.05, 3.63) is 90.4 Å². The lowest BCUT2D eigenvalue weighted by Gasteiger charge is -2.09. The van der Waals surface area contributed by atoms with Crippen molar-refractivity contribution in [2.24, 2.45) is 7.05 Å². The fourth-order valence-electron chi connectivity index (χ4n) is 3.40. The van der Waals surface area contributed by atoms with E-state index in [9.17, 15) is 13.2 Å². The number of aryl methyl sites for hydroxylation is 1. The lowest BCUT2D eigenvalue weighted by Crippen LogP contribution is -2.12. The third-order valence-corrected chi connectivity index (χ3v) is 6.11. The molecule has 7 nitrogen and oxygen atoms in total. The van der Waals surface area contributed by atoms with Gasteiger partial charge in [0.1, 0.15) is 12.3 Å². The molecule has 8 heteroatoms. The van der Waals surface area contributed by atoms with E-state index in [1.807, 2.05) is 30.3 Å². The number of aromatic nitrogens is 3. The molecule has 0 saturated carbocycles. The standard InChI is InChI=1S/C24H21N3O4S/c1-27-23(24(28)31-16-17-6-4-3-5-7-17)21(22(26-27)19-12-14-25-15-13-19)18-8-10-20(11-9-18)32(2,29)30/h3-15H,16H2,1-2H3. The molecule has 0 aliphatic heterocycles. The van der Waals surface area contributed by atoms with E-state index < -0.39 is 15.8 Å². The van der Waals surface area contributed by atoms with Gasteiger partial charge in [-0.1, -0.05) is 42.5 Å². The summed E-state index contributed by atoms with van der Waals surface area (Å²) in [4.78, 5) is 17.4. The zero-order chi connectivity index (χ0) is 22.7. The minimum Gasteiger partial charge on any atom is -0.456 e. The largest absolute Gasteiger partial charge is 0.456 e. The molecule has 162 valence electrons. The van der Waals surface area contributed by atoms with Crippen molar-refractivity contribution < 1.29 is 17.9 Å². The highest BCUT2D eigenvalue weighted by Gasteiger charge is 2.26. The molecular weight excluding hydrogens is 426 g/mol. The number of pyridine rings is 1. The molecule has 0 saturated heterocycles. The molecule has 2 heterocycles. The van der Waals surface area contributed by atoms with E-state index in [4.69, 9.17) is 4.74 Å². The highest BCUT2D eigenvalue weighted by molar-refractivity contribution is 7.90. The van der Waals surface area contributed by atoms with Crippen LogP contribution in [0.15, 0.2) is 84.0 Å². The van der Waals surface area contributed by atoms with Crippen LogP contribution in [-0.4, -0.2) is 35.4 Å². The van der Waals surface area contributed by atoms with Gasteiger partial charge in [-0.05, 0) is 35.4 Å². The van der Waals surface area contributed by atoms with E-state index in [-0.39, 0.29) is 17.2 Å². The molecule has 0 radical (unpaired) electrons. The number of benzene rings is 2.